The van der Waals surface area contributed by atoms with Gasteiger partial charge in [0.05, 0.1) is 11.8 Å². The van der Waals surface area contributed by atoms with Gasteiger partial charge in [-0.1, -0.05) is 11.6 Å². The van der Waals surface area contributed by atoms with Crippen LogP contribution in [0.4, 0.5) is 0 Å². The van der Waals surface area contributed by atoms with Gasteiger partial charge in [0.25, 0.3) is 0 Å². The van der Waals surface area contributed by atoms with Crippen molar-refractivity contribution in [3.63, 3.8) is 0 Å². The first kappa shape index (κ1) is 8.00. The van der Waals surface area contributed by atoms with Gasteiger partial charge in [0.2, 0.25) is 0 Å². The first-order chi connectivity index (χ1) is 6.18. The van der Waals surface area contributed by atoms with Crippen molar-refractivity contribution >= 4 is 28.6 Å². The van der Waals surface area contributed by atoms with E-state index in [0.717, 1.165) is 0 Å². The molecule has 2 aromatic rings. The average Bonchev–Trinajstić information content (AvgIpc) is 2.48. The predicted octanol–water partition coefficient (Wildman–Crippen LogP) is 1.31. The fraction of sp³-hybridized carbons (Fsp3) is 0. The topological polar surface area (TPSA) is 78.9 Å². The number of carbonyl (C=O) groups is 1. The fourth-order valence-electron chi connectivity index (χ4n) is 1.01. The molecule has 2 N–H and O–H groups in total. The van der Waals surface area contributed by atoms with E-state index in [-0.39, 0.29) is 10.7 Å². The van der Waals surface area contributed by atoms with Crippen molar-refractivity contribution in [2.24, 2.45) is 0 Å². The molecule has 0 unspecified atom stereocenters. The second-order valence-electron chi connectivity index (χ2n) is 2.44. The van der Waals surface area contributed by atoms with Crippen LogP contribution in [0.1, 0.15) is 10.4 Å². The van der Waals surface area contributed by atoms with Crippen molar-refractivity contribution < 1.29 is 9.90 Å². The van der Waals surface area contributed by atoms with Crippen molar-refractivity contribution in [2.75, 3.05) is 0 Å². The molecule has 0 aliphatic heterocycles. The van der Waals surface area contributed by atoms with Gasteiger partial charge in [-0.05, 0) is 6.07 Å². The molecule has 0 radical (unpaired) electrons. The maximum Gasteiger partial charge on any atom is 0.338 e. The summed E-state index contributed by atoms with van der Waals surface area (Å²) in [4.78, 5) is 14.5. The summed E-state index contributed by atoms with van der Waals surface area (Å²) in [7, 11) is 0. The van der Waals surface area contributed by atoms with Crippen molar-refractivity contribution in [1.29, 1.82) is 0 Å². The maximum absolute atomic E-state index is 10.6. The molecule has 0 atom stereocenters. The molecule has 6 heteroatoms. The van der Waals surface area contributed by atoms with Crippen molar-refractivity contribution in [2.45, 2.75) is 0 Å². The Kier molecular flexibility index (Phi) is 1.66. The summed E-state index contributed by atoms with van der Waals surface area (Å²) < 4.78 is 0. The number of halogens is 1. The van der Waals surface area contributed by atoms with Crippen LogP contribution in [0.2, 0.25) is 5.15 Å². The molecule has 2 aromatic heterocycles. The van der Waals surface area contributed by atoms with Gasteiger partial charge in [0, 0.05) is 5.39 Å². The summed E-state index contributed by atoms with van der Waals surface area (Å²) in [5, 5.41) is 15.6. The quantitative estimate of drug-likeness (QED) is 0.676. The second-order valence-corrected chi connectivity index (χ2v) is 2.80. The molecule has 0 aromatic carbocycles. The number of pyridine rings is 1. The number of aromatic amines is 1. The minimum absolute atomic E-state index is 0.0180. The third kappa shape index (κ3) is 1.23. The van der Waals surface area contributed by atoms with Gasteiger partial charge >= 0.3 is 5.97 Å². The van der Waals surface area contributed by atoms with Gasteiger partial charge in [-0.3, -0.25) is 5.10 Å². The molecule has 0 saturated carbocycles. The molecule has 0 amide bonds. The third-order valence-corrected chi connectivity index (χ3v) is 1.90. The Balaban J connectivity index is 2.76. The van der Waals surface area contributed by atoms with Gasteiger partial charge < -0.3 is 5.11 Å². The zero-order valence-corrected chi connectivity index (χ0v) is 7.04. The molecule has 0 aliphatic carbocycles. The van der Waals surface area contributed by atoms with E-state index in [1.165, 1.54) is 12.3 Å². The first-order valence-corrected chi connectivity index (χ1v) is 3.79. The number of fused-ring (bicyclic) bond motifs is 1. The molecule has 2 heterocycles. The normalized spacial score (nSPS) is 10.5. The predicted molar refractivity (Wildman–Crippen MR) is 45.9 cm³/mol. The summed E-state index contributed by atoms with van der Waals surface area (Å²) in [5.41, 5.74) is 0.463. The number of aromatic nitrogens is 3. The molecular weight excluding hydrogens is 194 g/mol. The lowest BCUT2D eigenvalue weighted by atomic mass is 10.2. The summed E-state index contributed by atoms with van der Waals surface area (Å²) >= 11 is 5.62. The lowest BCUT2D eigenvalue weighted by molar-refractivity contribution is 0.0697. The van der Waals surface area contributed by atoms with Gasteiger partial charge in [0.1, 0.15) is 5.15 Å². The highest BCUT2D eigenvalue weighted by Gasteiger charge is 2.11. The van der Waals surface area contributed by atoms with Crippen LogP contribution >= 0.6 is 11.6 Å². The summed E-state index contributed by atoms with van der Waals surface area (Å²) in [6.45, 7) is 0. The molecular formula is C7H4ClN3O2. The van der Waals surface area contributed by atoms with E-state index >= 15 is 0 Å². The molecule has 0 aliphatic rings. The Hall–Kier alpha value is -1.62. The Labute approximate surface area is 77.4 Å². The number of carboxylic acid groups (broad SMARTS) is 1. The Bertz CT molecular complexity index is 480. The lowest BCUT2D eigenvalue weighted by Crippen LogP contribution is -1.98. The van der Waals surface area contributed by atoms with Crippen LogP contribution in [-0.2, 0) is 0 Å². The first-order valence-electron chi connectivity index (χ1n) is 3.41. The van der Waals surface area contributed by atoms with Crippen LogP contribution in [0.3, 0.4) is 0 Å². The summed E-state index contributed by atoms with van der Waals surface area (Å²) in [6, 6.07) is 1.43. The summed E-state index contributed by atoms with van der Waals surface area (Å²) in [6.07, 6.45) is 1.49. The SMILES string of the molecule is O=C(O)c1cc2cn[nH]c2nc1Cl. The standard InChI is InChI=1S/C7H4ClN3O2/c8-5-4(7(12)13)1-3-2-9-11-6(3)10-5/h1-2H,(H,12,13)(H,9,10,11). The zero-order chi connectivity index (χ0) is 9.42. The van der Waals surface area contributed by atoms with Crippen molar-refractivity contribution in [3.05, 3.63) is 23.0 Å². The Morgan fingerprint density at radius 2 is 2.38 bits per heavy atom. The number of nitrogens with one attached hydrogen (secondary N) is 1. The Morgan fingerprint density at radius 1 is 1.62 bits per heavy atom. The molecule has 0 saturated heterocycles. The molecule has 66 valence electrons. The smallest absolute Gasteiger partial charge is 0.338 e. The molecule has 0 fully saturated rings. The largest absolute Gasteiger partial charge is 0.478 e. The van der Waals surface area contributed by atoms with Gasteiger partial charge in [-0.15, -0.1) is 0 Å². The van der Waals surface area contributed by atoms with E-state index in [1.54, 1.807) is 0 Å². The van der Waals surface area contributed by atoms with Gasteiger partial charge in [-0.25, -0.2) is 9.78 Å². The minimum Gasteiger partial charge on any atom is -0.478 e. The monoisotopic (exact) mass is 197 g/mol. The number of rotatable bonds is 1. The molecule has 2 rings (SSSR count). The lowest BCUT2D eigenvalue weighted by Gasteiger charge is -1.96. The van der Waals surface area contributed by atoms with Gasteiger partial charge in [0.15, 0.2) is 5.65 Å². The van der Waals surface area contributed by atoms with Crippen molar-refractivity contribution in [3.8, 4) is 0 Å². The number of H-pyrrole nitrogens is 1. The second kappa shape index (κ2) is 2.70. The van der Waals surface area contributed by atoms with Crippen LogP contribution in [0.25, 0.3) is 11.0 Å². The van der Waals surface area contributed by atoms with Gasteiger partial charge in [-0.2, -0.15) is 5.10 Å². The van der Waals surface area contributed by atoms with E-state index in [9.17, 15) is 4.79 Å². The molecule has 13 heavy (non-hydrogen) atoms. The molecule has 0 spiro atoms. The van der Waals surface area contributed by atoms with E-state index < -0.39 is 5.97 Å². The average molecular weight is 198 g/mol. The summed E-state index contributed by atoms with van der Waals surface area (Å²) in [5.74, 6) is -1.10. The fourth-order valence-corrected chi connectivity index (χ4v) is 1.23. The maximum atomic E-state index is 10.6. The highest BCUT2D eigenvalue weighted by atomic mass is 35.5. The highest BCUT2D eigenvalue weighted by Crippen LogP contribution is 2.18. The van der Waals surface area contributed by atoms with Crippen LogP contribution in [0.5, 0.6) is 0 Å². The van der Waals surface area contributed by atoms with E-state index in [0.29, 0.717) is 11.0 Å². The molecule has 5 nitrogen and oxygen atoms in total. The number of aromatic carboxylic acids is 1. The Morgan fingerprint density at radius 3 is 3.08 bits per heavy atom. The van der Waals surface area contributed by atoms with Crippen LogP contribution < -0.4 is 0 Å². The van der Waals surface area contributed by atoms with Crippen LogP contribution in [0, 0.1) is 0 Å². The van der Waals surface area contributed by atoms with Crippen molar-refractivity contribution in [1.82, 2.24) is 15.2 Å². The number of hydrogen-bond acceptors (Lipinski definition) is 3. The minimum atomic E-state index is -1.10. The highest BCUT2D eigenvalue weighted by molar-refractivity contribution is 6.32. The zero-order valence-electron chi connectivity index (χ0n) is 6.28. The molecule has 0 bridgehead atoms. The van der Waals surface area contributed by atoms with Crippen LogP contribution in [-0.4, -0.2) is 26.3 Å². The number of nitrogens with zero attached hydrogens (tertiary/aromatic N) is 2. The van der Waals surface area contributed by atoms with E-state index in [2.05, 4.69) is 15.2 Å². The van der Waals surface area contributed by atoms with E-state index in [4.69, 9.17) is 16.7 Å². The van der Waals surface area contributed by atoms with Crippen LogP contribution in [0.15, 0.2) is 12.3 Å². The third-order valence-electron chi connectivity index (χ3n) is 1.61. The number of carboxylic acids is 1. The van der Waals surface area contributed by atoms with E-state index in [1.807, 2.05) is 0 Å². The number of hydrogen-bond donors (Lipinski definition) is 2.